The highest BCUT2D eigenvalue weighted by atomic mass is 19.1. The Labute approximate surface area is 119 Å². The summed E-state index contributed by atoms with van der Waals surface area (Å²) in [7, 11) is 1.43. The number of Topliss-reactive ketones (excluding diaryl/α,β-unsaturated/α-hetero) is 1. The zero-order valence-corrected chi connectivity index (χ0v) is 12.0. The molecule has 0 amide bonds. The molecule has 1 aromatic rings. The number of hydrogen-bond acceptors (Lipinski definition) is 3. The molecule has 0 bridgehead atoms. The van der Waals surface area contributed by atoms with Crippen LogP contribution in [0.5, 0.6) is 5.75 Å². The van der Waals surface area contributed by atoms with E-state index in [9.17, 15) is 9.18 Å². The number of piperidine rings is 1. The maximum absolute atomic E-state index is 13.9. The molecule has 1 aromatic carbocycles. The molecule has 4 heteroatoms. The average molecular weight is 279 g/mol. The van der Waals surface area contributed by atoms with E-state index in [1.165, 1.54) is 20.0 Å². The number of carbonyl (C=O) groups is 1. The molecule has 1 saturated heterocycles. The third-order valence-corrected chi connectivity index (χ3v) is 3.83. The summed E-state index contributed by atoms with van der Waals surface area (Å²) < 4.78 is 18.9. The van der Waals surface area contributed by atoms with Crippen molar-refractivity contribution in [3.05, 3.63) is 29.6 Å². The fourth-order valence-electron chi connectivity index (χ4n) is 2.66. The molecule has 1 N–H and O–H groups in total. The summed E-state index contributed by atoms with van der Waals surface area (Å²) in [6, 6.07) is 5.37. The van der Waals surface area contributed by atoms with E-state index in [1.807, 2.05) is 0 Å². The van der Waals surface area contributed by atoms with Crippen LogP contribution in [0, 0.1) is 5.82 Å². The quantitative estimate of drug-likeness (QED) is 0.870. The minimum atomic E-state index is -0.417. The molecule has 0 spiro atoms. The summed E-state index contributed by atoms with van der Waals surface area (Å²) in [5.74, 6) is -0.132. The highest BCUT2D eigenvalue weighted by Gasteiger charge is 2.16. The molecular weight excluding hydrogens is 257 g/mol. The molecule has 0 aliphatic carbocycles. The Hall–Kier alpha value is -1.42. The van der Waals surface area contributed by atoms with Crippen LogP contribution >= 0.6 is 0 Å². The van der Waals surface area contributed by atoms with E-state index in [2.05, 4.69) is 5.32 Å². The van der Waals surface area contributed by atoms with Gasteiger partial charge >= 0.3 is 0 Å². The van der Waals surface area contributed by atoms with Crippen molar-refractivity contribution in [2.45, 2.75) is 44.6 Å². The van der Waals surface area contributed by atoms with Crippen LogP contribution in [0.15, 0.2) is 18.2 Å². The van der Waals surface area contributed by atoms with Crippen LogP contribution < -0.4 is 10.1 Å². The van der Waals surface area contributed by atoms with E-state index in [-0.39, 0.29) is 18.0 Å². The van der Waals surface area contributed by atoms with Crippen LogP contribution in [-0.2, 0) is 11.2 Å². The second kappa shape index (κ2) is 7.39. The number of hydrogen-bond donors (Lipinski definition) is 1. The molecule has 0 radical (unpaired) electrons. The van der Waals surface area contributed by atoms with Gasteiger partial charge in [0.15, 0.2) is 11.6 Å². The van der Waals surface area contributed by atoms with Gasteiger partial charge in [-0.2, -0.15) is 0 Å². The van der Waals surface area contributed by atoms with E-state index in [1.54, 1.807) is 18.2 Å². The first-order chi connectivity index (χ1) is 9.70. The maximum Gasteiger partial charge on any atom is 0.168 e. The minimum absolute atomic E-state index is 0.0875. The van der Waals surface area contributed by atoms with Crippen LogP contribution in [0.3, 0.4) is 0 Å². The lowest BCUT2D eigenvalue weighted by Crippen LogP contribution is -2.34. The van der Waals surface area contributed by atoms with Gasteiger partial charge in [-0.1, -0.05) is 18.6 Å². The monoisotopic (exact) mass is 279 g/mol. The van der Waals surface area contributed by atoms with Gasteiger partial charge in [0.1, 0.15) is 5.78 Å². The Morgan fingerprint density at radius 2 is 2.30 bits per heavy atom. The van der Waals surface area contributed by atoms with Crippen molar-refractivity contribution in [3.63, 3.8) is 0 Å². The lowest BCUT2D eigenvalue weighted by molar-refractivity contribution is -0.118. The number of halogens is 1. The van der Waals surface area contributed by atoms with Crippen LogP contribution in [0.4, 0.5) is 4.39 Å². The maximum atomic E-state index is 13.9. The van der Waals surface area contributed by atoms with Gasteiger partial charge in [-0.25, -0.2) is 4.39 Å². The molecule has 2 rings (SSSR count). The van der Waals surface area contributed by atoms with E-state index < -0.39 is 5.82 Å². The summed E-state index contributed by atoms with van der Waals surface area (Å²) in [5.41, 5.74) is 0.422. The minimum Gasteiger partial charge on any atom is -0.494 e. The predicted octanol–water partition coefficient (Wildman–Crippen LogP) is 2.87. The van der Waals surface area contributed by atoms with Crippen molar-refractivity contribution in [2.24, 2.45) is 0 Å². The summed E-state index contributed by atoms with van der Waals surface area (Å²) in [4.78, 5) is 12.0. The van der Waals surface area contributed by atoms with Gasteiger partial charge in [-0.3, -0.25) is 4.79 Å². The van der Waals surface area contributed by atoms with Crippen LogP contribution in [0.2, 0.25) is 0 Å². The fourth-order valence-corrected chi connectivity index (χ4v) is 2.66. The SMILES string of the molecule is COc1cccc(CC(=O)CCC2CCCCN2)c1F. The summed E-state index contributed by atoms with van der Waals surface area (Å²) >= 11 is 0. The van der Waals surface area contributed by atoms with Crippen molar-refractivity contribution in [1.29, 1.82) is 0 Å². The molecule has 1 unspecified atom stereocenters. The first kappa shape index (κ1) is 15.0. The molecular formula is C16H22FNO2. The van der Waals surface area contributed by atoms with Crippen LogP contribution in [-0.4, -0.2) is 25.5 Å². The Balaban J connectivity index is 1.84. The van der Waals surface area contributed by atoms with Crippen molar-refractivity contribution in [2.75, 3.05) is 13.7 Å². The second-order valence-corrected chi connectivity index (χ2v) is 5.33. The van der Waals surface area contributed by atoms with Crippen LogP contribution in [0.1, 0.15) is 37.7 Å². The van der Waals surface area contributed by atoms with Gasteiger partial charge in [0, 0.05) is 18.9 Å². The third kappa shape index (κ3) is 4.04. The van der Waals surface area contributed by atoms with E-state index >= 15 is 0 Å². The molecule has 0 aromatic heterocycles. The highest BCUT2D eigenvalue weighted by Crippen LogP contribution is 2.21. The topological polar surface area (TPSA) is 38.3 Å². The number of benzene rings is 1. The van der Waals surface area contributed by atoms with Crippen molar-refractivity contribution >= 4 is 5.78 Å². The average Bonchev–Trinajstić information content (AvgIpc) is 2.48. The Morgan fingerprint density at radius 1 is 1.45 bits per heavy atom. The van der Waals surface area contributed by atoms with Crippen molar-refractivity contribution < 1.29 is 13.9 Å². The second-order valence-electron chi connectivity index (χ2n) is 5.33. The van der Waals surface area contributed by atoms with Crippen molar-refractivity contribution in [3.8, 4) is 5.75 Å². The third-order valence-electron chi connectivity index (χ3n) is 3.83. The van der Waals surface area contributed by atoms with Crippen LogP contribution in [0.25, 0.3) is 0 Å². The van der Waals surface area contributed by atoms with E-state index in [0.717, 1.165) is 19.4 Å². The Kier molecular flexibility index (Phi) is 5.53. The van der Waals surface area contributed by atoms with Gasteiger partial charge in [0.25, 0.3) is 0 Å². The first-order valence-corrected chi connectivity index (χ1v) is 7.27. The Morgan fingerprint density at radius 3 is 3.00 bits per heavy atom. The number of ketones is 1. The smallest absolute Gasteiger partial charge is 0.168 e. The molecule has 0 saturated carbocycles. The van der Waals surface area contributed by atoms with Gasteiger partial charge < -0.3 is 10.1 Å². The molecule has 1 heterocycles. The number of nitrogens with one attached hydrogen (secondary N) is 1. The molecule has 3 nitrogen and oxygen atoms in total. The summed E-state index contributed by atoms with van der Waals surface area (Å²) in [6.07, 6.45) is 5.10. The fraction of sp³-hybridized carbons (Fsp3) is 0.562. The lowest BCUT2D eigenvalue weighted by Gasteiger charge is -2.23. The predicted molar refractivity (Wildman–Crippen MR) is 76.5 cm³/mol. The highest BCUT2D eigenvalue weighted by molar-refractivity contribution is 5.81. The molecule has 1 aliphatic heterocycles. The largest absolute Gasteiger partial charge is 0.494 e. The molecule has 1 aliphatic rings. The van der Waals surface area contributed by atoms with Gasteiger partial charge in [0.2, 0.25) is 0 Å². The van der Waals surface area contributed by atoms with Gasteiger partial charge in [0.05, 0.1) is 7.11 Å². The molecule has 1 fully saturated rings. The normalized spacial score (nSPS) is 18.8. The number of ether oxygens (including phenoxy) is 1. The number of carbonyl (C=O) groups excluding carboxylic acids is 1. The molecule has 110 valence electrons. The lowest BCUT2D eigenvalue weighted by atomic mass is 9.97. The zero-order valence-electron chi connectivity index (χ0n) is 12.0. The van der Waals surface area contributed by atoms with E-state index in [4.69, 9.17) is 4.74 Å². The first-order valence-electron chi connectivity index (χ1n) is 7.27. The zero-order chi connectivity index (χ0) is 14.4. The Bertz CT molecular complexity index is 456. The standard InChI is InChI=1S/C16H22FNO2/c1-20-15-7-4-5-12(16(15)17)11-14(19)9-8-13-6-2-3-10-18-13/h4-5,7,13,18H,2-3,6,8-11H2,1H3. The number of rotatable bonds is 6. The summed E-state index contributed by atoms with van der Waals surface area (Å²) in [6.45, 7) is 1.05. The van der Waals surface area contributed by atoms with E-state index in [0.29, 0.717) is 18.0 Å². The summed E-state index contributed by atoms with van der Waals surface area (Å²) in [5, 5.41) is 3.42. The van der Waals surface area contributed by atoms with Gasteiger partial charge in [-0.05, 0) is 37.4 Å². The number of methoxy groups -OCH3 is 1. The van der Waals surface area contributed by atoms with Gasteiger partial charge in [-0.15, -0.1) is 0 Å². The molecule has 1 atom stereocenters. The van der Waals surface area contributed by atoms with Crippen molar-refractivity contribution in [1.82, 2.24) is 5.32 Å². The molecule has 20 heavy (non-hydrogen) atoms.